The molecule has 1 N–H and O–H groups in total. The lowest BCUT2D eigenvalue weighted by Crippen LogP contribution is -2.04. The number of anilines is 1. The molecule has 0 aliphatic heterocycles. The van der Waals surface area contributed by atoms with Crippen molar-refractivity contribution in [2.45, 2.75) is 20.4 Å². The highest BCUT2D eigenvalue weighted by Gasteiger charge is 2.05. The van der Waals surface area contributed by atoms with Crippen LogP contribution in [0.2, 0.25) is 0 Å². The Kier molecular flexibility index (Phi) is 6.52. The summed E-state index contributed by atoms with van der Waals surface area (Å²) in [6, 6.07) is 20.6. The van der Waals surface area contributed by atoms with E-state index in [2.05, 4.69) is 70.4 Å². The third-order valence-corrected chi connectivity index (χ3v) is 5.04. The maximum absolute atomic E-state index is 4.70. The predicted octanol–water partition coefficient (Wildman–Crippen LogP) is 6.84. The molecule has 0 bridgehead atoms. The van der Waals surface area contributed by atoms with Crippen molar-refractivity contribution >= 4 is 22.4 Å². The molecule has 4 nitrogen and oxygen atoms in total. The molecule has 4 heteroatoms. The van der Waals surface area contributed by atoms with Gasteiger partial charge in [-0.1, -0.05) is 66.8 Å². The van der Waals surface area contributed by atoms with Crippen molar-refractivity contribution in [2.75, 3.05) is 5.32 Å². The fourth-order valence-corrected chi connectivity index (χ4v) is 3.51. The molecule has 2 aromatic heterocycles. The molecule has 0 fully saturated rings. The maximum Gasteiger partial charge on any atom is 0.223 e. The highest BCUT2D eigenvalue weighted by atomic mass is 15.1. The van der Waals surface area contributed by atoms with Gasteiger partial charge in [-0.3, -0.25) is 4.98 Å². The first kappa shape index (κ1) is 21.2. The molecule has 0 aliphatic rings. The van der Waals surface area contributed by atoms with Crippen LogP contribution in [0.5, 0.6) is 0 Å². The van der Waals surface area contributed by atoms with Gasteiger partial charge in [-0.2, -0.15) is 0 Å². The van der Waals surface area contributed by atoms with E-state index in [4.69, 9.17) is 4.98 Å². The van der Waals surface area contributed by atoms with Gasteiger partial charge in [-0.15, -0.1) is 0 Å². The van der Waals surface area contributed by atoms with E-state index in [1.54, 1.807) is 12.4 Å². The molecule has 32 heavy (non-hydrogen) atoms. The van der Waals surface area contributed by atoms with E-state index >= 15 is 0 Å². The molecule has 0 radical (unpaired) electrons. The van der Waals surface area contributed by atoms with E-state index in [1.807, 2.05) is 44.2 Å². The predicted molar refractivity (Wildman–Crippen MR) is 134 cm³/mol. The zero-order valence-corrected chi connectivity index (χ0v) is 18.4. The van der Waals surface area contributed by atoms with E-state index in [1.165, 1.54) is 5.56 Å². The second-order valence-electron chi connectivity index (χ2n) is 7.67. The summed E-state index contributed by atoms with van der Waals surface area (Å²) in [6.07, 6.45) is 9.83. The van der Waals surface area contributed by atoms with Crippen molar-refractivity contribution in [1.82, 2.24) is 15.0 Å². The van der Waals surface area contributed by atoms with Crippen LogP contribution in [0.1, 0.15) is 25.0 Å². The Hall–Kier alpha value is -4.05. The highest BCUT2D eigenvalue weighted by Crippen LogP contribution is 2.23. The SMILES string of the molecule is C=C(C)/C=C(\C=C/C)c1ccc(CNc2nccc(-c3ccc4ncccc4c3)n2)cc1. The summed E-state index contributed by atoms with van der Waals surface area (Å²) in [5.41, 5.74) is 7.41. The average Bonchev–Trinajstić information content (AvgIpc) is 2.82. The van der Waals surface area contributed by atoms with Gasteiger partial charge in [0.25, 0.3) is 0 Å². The second-order valence-corrected chi connectivity index (χ2v) is 7.67. The van der Waals surface area contributed by atoms with Crippen LogP contribution < -0.4 is 5.32 Å². The zero-order valence-electron chi connectivity index (χ0n) is 18.4. The first-order valence-corrected chi connectivity index (χ1v) is 10.6. The quantitative estimate of drug-likeness (QED) is 0.334. The Morgan fingerprint density at radius 2 is 1.84 bits per heavy atom. The Morgan fingerprint density at radius 1 is 1.00 bits per heavy atom. The lowest BCUT2D eigenvalue weighted by Gasteiger charge is -2.09. The number of pyridine rings is 1. The minimum absolute atomic E-state index is 0.606. The lowest BCUT2D eigenvalue weighted by atomic mass is 10.0. The topological polar surface area (TPSA) is 50.7 Å². The van der Waals surface area contributed by atoms with Crippen molar-refractivity contribution in [1.29, 1.82) is 0 Å². The van der Waals surface area contributed by atoms with Gasteiger partial charge in [0.15, 0.2) is 0 Å². The van der Waals surface area contributed by atoms with Crippen molar-refractivity contribution in [2.24, 2.45) is 0 Å². The monoisotopic (exact) mass is 418 g/mol. The summed E-state index contributed by atoms with van der Waals surface area (Å²) in [6.45, 7) is 8.66. The van der Waals surface area contributed by atoms with E-state index in [0.717, 1.165) is 38.9 Å². The number of aromatic nitrogens is 3. The zero-order chi connectivity index (χ0) is 22.3. The van der Waals surface area contributed by atoms with Gasteiger partial charge >= 0.3 is 0 Å². The molecule has 0 amide bonds. The molecule has 0 atom stereocenters. The van der Waals surface area contributed by atoms with Crippen LogP contribution in [0, 0.1) is 0 Å². The van der Waals surface area contributed by atoms with Crippen molar-refractivity contribution in [3.8, 4) is 11.3 Å². The Morgan fingerprint density at radius 3 is 2.62 bits per heavy atom. The van der Waals surface area contributed by atoms with Crippen LogP contribution in [-0.2, 0) is 6.54 Å². The largest absolute Gasteiger partial charge is 0.350 e. The summed E-state index contributed by atoms with van der Waals surface area (Å²) < 4.78 is 0. The van der Waals surface area contributed by atoms with Crippen LogP contribution >= 0.6 is 0 Å². The van der Waals surface area contributed by atoms with E-state index in [0.29, 0.717) is 12.5 Å². The fraction of sp³-hybridized carbons (Fsp3) is 0.107. The minimum Gasteiger partial charge on any atom is -0.350 e. The van der Waals surface area contributed by atoms with Gasteiger partial charge in [-0.25, -0.2) is 9.97 Å². The molecular weight excluding hydrogens is 392 g/mol. The molecule has 158 valence electrons. The highest BCUT2D eigenvalue weighted by molar-refractivity contribution is 5.83. The molecular formula is C28H26N4. The molecule has 0 aliphatic carbocycles. The summed E-state index contributed by atoms with van der Waals surface area (Å²) in [5.74, 6) is 0.606. The first-order valence-electron chi connectivity index (χ1n) is 10.6. The number of allylic oxidation sites excluding steroid dienone is 5. The first-order chi connectivity index (χ1) is 15.6. The molecule has 4 rings (SSSR count). The molecule has 0 saturated heterocycles. The second kappa shape index (κ2) is 9.84. The number of nitrogens with zero attached hydrogens (tertiary/aromatic N) is 3. The van der Waals surface area contributed by atoms with Crippen LogP contribution in [0.25, 0.3) is 27.7 Å². The summed E-state index contributed by atoms with van der Waals surface area (Å²) in [5, 5.41) is 4.43. The van der Waals surface area contributed by atoms with Gasteiger partial charge in [0.2, 0.25) is 5.95 Å². The van der Waals surface area contributed by atoms with Crippen molar-refractivity contribution < 1.29 is 0 Å². The molecule has 0 unspecified atom stereocenters. The summed E-state index contributed by atoms with van der Waals surface area (Å²) >= 11 is 0. The fourth-order valence-electron chi connectivity index (χ4n) is 3.51. The third-order valence-electron chi connectivity index (χ3n) is 5.04. The number of hydrogen-bond donors (Lipinski definition) is 1. The molecule has 4 aromatic rings. The molecule has 0 spiro atoms. The van der Waals surface area contributed by atoms with Crippen LogP contribution in [0.15, 0.2) is 103 Å². The van der Waals surface area contributed by atoms with Gasteiger partial charge in [-0.05, 0) is 54.8 Å². The smallest absolute Gasteiger partial charge is 0.223 e. The average molecular weight is 419 g/mol. The minimum atomic E-state index is 0.606. The number of fused-ring (bicyclic) bond motifs is 1. The number of hydrogen-bond acceptors (Lipinski definition) is 4. The molecule has 2 aromatic carbocycles. The van der Waals surface area contributed by atoms with Crippen LogP contribution in [-0.4, -0.2) is 15.0 Å². The van der Waals surface area contributed by atoms with Crippen LogP contribution in [0.3, 0.4) is 0 Å². The van der Waals surface area contributed by atoms with Gasteiger partial charge in [0, 0.05) is 29.9 Å². The van der Waals surface area contributed by atoms with Crippen molar-refractivity contribution in [3.05, 3.63) is 115 Å². The Labute approximate surface area is 189 Å². The van der Waals surface area contributed by atoms with Crippen molar-refractivity contribution in [3.63, 3.8) is 0 Å². The normalized spacial score (nSPS) is 11.8. The standard InChI is InChI=1S/C28H26N4/c1-4-6-23(17-20(2)3)22-10-8-21(9-11-22)19-31-28-30-16-14-27(32-28)25-12-13-26-24(18-25)7-5-15-29-26/h4-18H,2,19H2,1,3H3,(H,30,31,32)/b6-4-,23-17+. The number of nitrogens with one attached hydrogen (secondary N) is 1. The third kappa shape index (κ3) is 5.16. The lowest BCUT2D eigenvalue weighted by molar-refractivity contribution is 1.06. The molecule has 0 saturated carbocycles. The van der Waals surface area contributed by atoms with E-state index in [9.17, 15) is 0 Å². The van der Waals surface area contributed by atoms with Gasteiger partial charge in [0.1, 0.15) is 0 Å². The maximum atomic E-state index is 4.70. The molecule has 2 heterocycles. The Balaban J connectivity index is 1.48. The van der Waals surface area contributed by atoms with E-state index < -0.39 is 0 Å². The number of benzene rings is 2. The van der Waals surface area contributed by atoms with E-state index in [-0.39, 0.29) is 0 Å². The van der Waals surface area contributed by atoms with Gasteiger partial charge in [0.05, 0.1) is 11.2 Å². The van der Waals surface area contributed by atoms with Gasteiger partial charge < -0.3 is 5.32 Å². The van der Waals surface area contributed by atoms with Crippen LogP contribution in [0.4, 0.5) is 5.95 Å². The summed E-state index contributed by atoms with van der Waals surface area (Å²) in [4.78, 5) is 13.5. The number of rotatable bonds is 7. The Bertz CT molecular complexity index is 1300. The summed E-state index contributed by atoms with van der Waals surface area (Å²) in [7, 11) is 0.